The molecule has 2 aliphatic rings. The van der Waals surface area contributed by atoms with E-state index in [2.05, 4.69) is 20.2 Å². The van der Waals surface area contributed by atoms with Crippen LogP contribution < -0.4 is 4.90 Å². The summed E-state index contributed by atoms with van der Waals surface area (Å²) in [5.41, 5.74) is 1.90. The first-order valence-electron chi connectivity index (χ1n) is 9.94. The minimum absolute atomic E-state index is 0.124. The number of nitrogens with zero attached hydrogens (tertiary/aromatic N) is 6. The Morgan fingerprint density at radius 3 is 2.60 bits per heavy atom. The molecule has 1 amide bonds. The summed E-state index contributed by atoms with van der Waals surface area (Å²) in [5, 5.41) is 8.32. The van der Waals surface area contributed by atoms with Crippen LogP contribution in [0.2, 0.25) is 0 Å². The van der Waals surface area contributed by atoms with Crippen molar-refractivity contribution in [3.63, 3.8) is 0 Å². The van der Waals surface area contributed by atoms with Gasteiger partial charge in [-0.25, -0.2) is 14.1 Å². The van der Waals surface area contributed by atoms with E-state index >= 15 is 0 Å². The smallest absolute Gasteiger partial charge is 0.276 e. The number of ether oxygens (including phenoxy) is 1. The molecule has 0 bridgehead atoms. The predicted octanol–water partition coefficient (Wildman–Crippen LogP) is 2.05. The fraction of sp³-hybridized carbons (Fsp3) is 0.333. The maximum atomic E-state index is 13.2. The number of halogens is 1. The normalized spacial score (nSPS) is 18.9. The number of carbonyl (C=O) groups excluding carboxylic acids is 1. The summed E-state index contributed by atoms with van der Waals surface area (Å²) in [6.45, 7) is 3.31. The van der Waals surface area contributed by atoms with Gasteiger partial charge in [0, 0.05) is 32.4 Å². The van der Waals surface area contributed by atoms with E-state index < -0.39 is 0 Å². The predicted molar refractivity (Wildman–Crippen MR) is 106 cm³/mol. The quantitative estimate of drug-likeness (QED) is 0.660. The van der Waals surface area contributed by atoms with Gasteiger partial charge < -0.3 is 14.5 Å². The Balaban J connectivity index is 1.26. The summed E-state index contributed by atoms with van der Waals surface area (Å²) >= 11 is 0. The second-order valence-electron chi connectivity index (χ2n) is 7.39. The largest absolute Gasteiger partial charge is 0.365 e. The van der Waals surface area contributed by atoms with E-state index in [0.717, 1.165) is 24.5 Å². The third-order valence-corrected chi connectivity index (χ3v) is 5.58. The maximum Gasteiger partial charge on any atom is 0.276 e. The van der Waals surface area contributed by atoms with Crippen molar-refractivity contribution in [1.82, 2.24) is 24.9 Å². The molecule has 0 unspecified atom stereocenters. The average molecular weight is 408 g/mol. The van der Waals surface area contributed by atoms with Crippen LogP contribution in [-0.2, 0) is 17.9 Å². The van der Waals surface area contributed by atoms with E-state index in [9.17, 15) is 9.18 Å². The monoisotopic (exact) mass is 408 g/mol. The number of hydrogen-bond acceptors (Lipinski definition) is 6. The average Bonchev–Trinajstić information content (AvgIpc) is 3.23. The van der Waals surface area contributed by atoms with Crippen LogP contribution in [0.3, 0.4) is 0 Å². The molecule has 2 aromatic heterocycles. The fourth-order valence-corrected chi connectivity index (χ4v) is 3.89. The number of rotatable bonds is 3. The number of amides is 1. The van der Waals surface area contributed by atoms with Gasteiger partial charge in [-0.15, -0.1) is 5.10 Å². The molecular weight excluding hydrogens is 387 g/mol. The SMILES string of the molecule is O=C(c1nnn2c1CO[C@@H](c1ccc(F)cc1)C2)N1CCN(c2ccccn2)CC1. The number of aromatic nitrogens is 4. The lowest BCUT2D eigenvalue weighted by Gasteiger charge is -2.35. The molecule has 1 fully saturated rings. The van der Waals surface area contributed by atoms with Crippen LogP contribution in [0.25, 0.3) is 0 Å². The van der Waals surface area contributed by atoms with Gasteiger partial charge in [0.15, 0.2) is 5.69 Å². The summed E-state index contributed by atoms with van der Waals surface area (Å²) in [5.74, 6) is 0.513. The Kier molecular flexibility index (Phi) is 4.88. The van der Waals surface area contributed by atoms with Crippen molar-refractivity contribution in [2.75, 3.05) is 31.1 Å². The number of carbonyl (C=O) groups is 1. The first-order chi connectivity index (χ1) is 14.7. The van der Waals surface area contributed by atoms with Crippen LogP contribution >= 0.6 is 0 Å². The van der Waals surface area contributed by atoms with E-state index in [0.29, 0.717) is 31.0 Å². The van der Waals surface area contributed by atoms with Crippen molar-refractivity contribution in [2.24, 2.45) is 0 Å². The highest BCUT2D eigenvalue weighted by Gasteiger charge is 2.31. The summed E-state index contributed by atoms with van der Waals surface area (Å²) in [4.78, 5) is 21.4. The number of pyridine rings is 1. The molecule has 0 aliphatic carbocycles. The Hall–Kier alpha value is -3.33. The van der Waals surface area contributed by atoms with Gasteiger partial charge >= 0.3 is 0 Å². The fourth-order valence-electron chi connectivity index (χ4n) is 3.89. The molecule has 1 aromatic carbocycles. The Morgan fingerprint density at radius 1 is 1.07 bits per heavy atom. The van der Waals surface area contributed by atoms with Crippen LogP contribution in [0.15, 0.2) is 48.7 Å². The molecule has 30 heavy (non-hydrogen) atoms. The highest BCUT2D eigenvalue weighted by atomic mass is 19.1. The molecule has 0 N–H and O–H groups in total. The lowest BCUT2D eigenvalue weighted by Crippen LogP contribution is -2.49. The summed E-state index contributed by atoms with van der Waals surface area (Å²) in [7, 11) is 0. The second kappa shape index (κ2) is 7.83. The van der Waals surface area contributed by atoms with Gasteiger partial charge in [-0.2, -0.15) is 0 Å². The third kappa shape index (κ3) is 3.52. The van der Waals surface area contributed by atoms with Crippen molar-refractivity contribution in [3.8, 4) is 0 Å². The van der Waals surface area contributed by atoms with Gasteiger partial charge in [0.2, 0.25) is 0 Å². The minimum Gasteiger partial charge on any atom is -0.365 e. The first-order valence-corrected chi connectivity index (χ1v) is 9.94. The molecule has 3 aromatic rings. The number of fused-ring (bicyclic) bond motifs is 1. The number of anilines is 1. The van der Waals surface area contributed by atoms with E-state index in [1.165, 1.54) is 12.1 Å². The summed E-state index contributed by atoms with van der Waals surface area (Å²) in [6.07, 6.45) is 1.53. The van der Waals surface area contributed by atoms with Gasteiger partial charge in [0.05, 0.1) is 18.8 Å². The minimum atomic E-state index is -0.285. The van der Waals surface area contributed by atoms with Crippen LogP contribution in [-0.4, -0.2) is 57.0 Å². The Labute approximate surface area is 172 Å². The topological polar surface area (TPSA) is 76.4 Å². The standard InChI is InChI=1S/C21H21FN6O2/c22-16-6-4-15(5-7-16)18-13-28-17(14-30-18)20(24-25-28)21(29)27-11-9-26(10-12-27)19-3-1-2-8-23-19/h1-8,18H,9-14H2/t18-/m1/s1. The lowest BCUT2D eigenvalue weighted by molar-refractivity contribution is -0.00199. The zero-order valence-electron chi connectivity index (χ0n) is 16.3. The van der Waals surface area contributed by atoms with Crippen molar-refractivity contribution in [1.29, 1.82) is 0 Å². The molecular formula is C21H21FN6O2. The lowest BCUT2D eigenvalue weighted by atomic mass is 10.1. The molecule has 4 heterocycles. The Morgan fingerprint density at radius 2 is 1.87 bits per heavy atom. The van der Waals surface area contributed by atoms with E-state index in [4.69, 9.17) is 4.74 Å². The van der Waals surface area contributed by atoms with E-state index in [1.807, 2.05) is 18.2 Å². The third-order valence-electron chi connectivity index (χ3n) is 5.58. The van der Waals surface area contributed by atoms with Gasteiger partial charge in [-0.3, -0.25) is 4.79 Å². The molecule has 0 spiro atoms. The van der Waals surface area contributed by atoms with Gasteiger partial charge in [-0.1, -0.05) is 23.4 Å². The van der Waals surface area contributed by atoms with E-state index in [1.54, 1.807) is 27.9 Å². The molecule has 0 saturated carbocycles. The molecule has 9 heteroatoms. The van der Waals surface area contributed by atoms with Crippen LogP contribution in [0.1, 0.15) is 27.8 Å². The zero-order valence-corrected chi connectivity index (χ0v) is 16.3. The van der Waals surface area contributed by atoms with Crippen molar-refractivity contribution in [2.45, 2.75) is 19.3 Å². The Bertz CT molecular complexity index is 1030. The molecule has 8 nitrogen and oxygen atoms in total. The molecule has 0 radical (unpaired) electrons. The van der Waals surface area contributed by atoms with Crippen molar-refractivity contribution >= 4 is 11.7 Å². The van der Waals surface area contributed by atoms with Crippen LogP contribution in [0, 0.1) is 5.82 Å². The highest BCUT2D eigenvalue weighted by Crippen LogP contribution is 2.27. The summed E-state index contributed by atoms with van der Waals surface area (Å²) < 4.78 is 20.8. The van der Waals surface area contributed by atoms with Gasteiger partial charge in [0.25, 0.3) is 5.91 Å². The molecule has 154 valence electrons. The van der Waals surface area contributed by atoms with Crippen molar-refractivity contribution < 1.29 is 13.9 Å². The van der Waals surface area contributed by atoms with Crippen molar-refractivity contribution in [3.05, 3.63) is 71.4 Å². The number of hydrogen-bond donors (Lipinski definition) is 0. The first kappa shape index (κ1) is 18.7. The molecule has 1 atom stereocenters. The second-order valence-corrected chi connectivity index (χ2v) is 7.39. The van der Waals surface area contributed by atoms with Crippen LogP contribution in [0.5, 0.6) is 0 Å². The van der Waals surface area contributed by atoms with Gasteiger partial charge in [0.1, 0.15) is 17.7 Å². The highest BCUT2D eigenvalue weighted by molar-refractivity contribution is 5.93. The van der Waals surface area contributed by atoms with Gasteiger partial charge in [-0.05, 0) is 29.8 Å². The zero-order chi connectivity index (χ0) is 20.5. The van der Waals surface area contributed by atoms with Crippen LogP contribution in [0.4, 0.5) is 10.2 Å². The number of benzene rings is 1. The summed E-state index contributed by atoms with van der Waals surface area (Å²) in [6, 6.07) is 12.1. The molecule has 5 rings (SSSR count). The number of piperazine rings is 1. The molecule has 1 saturated heterocycles. The van der Waals surface area contributed by atoms with E-state index in [-0.39, 0.29) is 24.4 Å². The molecule has 2 aliphatic heterocycles. The maximum absolute atomic E-state index is 13.2.